The van der Waals surface area contributed by atoms with Crippen LogP contribution in [0, 0.1) is 0 Å². The van der Waals surface area contributed by atoms with Gasteiger partial charge in [0.1, 0.15) is 0 Å². The third kappa shape index (κ3) is 6.03. The molecular formula is C21H19ClN4O2. The third-order valence-corrected chi connectivity index (χ3v) is 3.99. The molecular weight excluding hydrogens is 376 g/mol. The van der Waals surface area contributed by atoms with Crippen LogP contribution in [0.2, 0.25) is 5.02 Å². The zero-order valence-electron chi connectivity index (χ0n) is 14.9. The van der Waals surface area contributed by atoms with Gasteiger partial charge in [-0.3, -0.25) is 0 Å². The molecule has 0 bridgehead atoms. The zero-order valence-corrected chi connectivity index (χ0v) is 15.7. The molecule has 0 unspecified atom stereocenters. The lowest BCUT2D eigenvalue weighted by Crippen LogP contribution is -2.28. The quantitative estimate of drug-likeness (QED) is 0.473. The molecule has 0 aromatic heterocycles. The number of benzene rings is 3. The Balaban J connectivity index is 1.51. The average Bonchev–Trinajstić information content (AvgIpc) is 2.67. The molecule has 0 saturated carbocycles. The summed E-state index contributed by atoms with van der Waals surface area (Å²) >= 11 is 5.90. The maximum absolute atomic E-state index is 12.1. The highest BCUT2D eigenvalue weighted by Gasteiger charge is 2.05. The predicted molar refractivity (Wildman–Crippen MR) is 113 cm³/mol. The van der Waals surface area contributed by atoms with Crippen molar-refractivity contribution in [1.82, 2.24) is 5.32 Å². The number of hydrogen-bond acceptors (Lipinski definition) is 2. The van der Waals surface area contributed by atoms with Crippen molar-refractivity contribution in [3.05, 3.63) is 89.4 Å². The topological polar surface area (TPSA) is 82.3 Å². The molecule has 3 rings (SSSR count). The largest absolute Gasteiger partial charge is 0.334 e. The summed E-state index contributed by atoms with van der Waals surface area (Å²) in [6, 6.07) is 22.6. The van der Waals surface area contributed by atoms with Crippen LogP contribution >= 0.6 is 11.6 Å². The summed E-state index contributed by atoms with van der Waals surface area (Å²) in [4.78, 5) is 24.1. The van der Waals surface area contributed by atoms with E-state index in [1.165, 1.54) is 0 Å². The fourth-order valence-electron chi connectivity index (χ4n) is 2.50. The standard InChI is InChI=1S/C21H19ClN4O2/c22-16-7-5-11-19(13-16)25-20(27)23-14-15-6-4-10-18(12-15)26-21(28)24-17-8-2-1-3-9-17/h1-13H,14H2,(H2,23,25,27)(H2,24,26,28). The SMILES string of the molecule is O=C(NCc1cccc(NC(=O)Nc2ccccc2)c1)Nc1cccc(Cl)c1. The van der Waals surface area contributed by atoms with Gasteiger partial charge in [0.15, 0.2) is 0 Å². The van der Waals surface area contributed by atoms with Crippen molar-refractivity contribution in [3.63, 3.8) is 0 Å². The van der Waals surface area contributed by atoms with Gasteiger partial charge in [0, 0.05) is 28.6 Å². The second kappa shape index (κ2) is 9.43. The molecule has 4 amide bonds. The van der Waals surface area contributed by atoms with Gasteiger partial charge in [-0.2, -0.15) is 0 Å². The number of halogens is 1. The molecule has 0 atom stereocenters. The van der Waals surface area contributed by atoms with Crippen molar-refractivity contribution < 1.29 is 9.59 Å². The van der Waals surface area contributed by atoms with Crippen LogP contribution in [0.15, 0.2) is 78.9 Å². The van der Waals surface area contributed by atoms with Gasteiger partial charge >= 0.3 is 12.1 Å². The first kappa shape index (κ1) is 19.3. The third-order valence-electron chi connectivity index (χ3n) is 3.75. The van der Waals surface area contributed by atoms with E-state index in [1.807, 2.05) is 30.3 Å². The van der Waals surface area contributed by atoms with Crippen LogP contribution in [0.4, 0.5) is 26.7 Å². The van der Waals surface area contributed by atoms with E-state index in [9.17, 15) is 9.59 Å². The van der Waals surface area contributed by atoms with Crippen LogP contribution in [0.1, 0.15) is 5.56 Å². The Morgan fingerprint density at radius 3 is 2.04 bits per heavy atom. The van der Waals surface area contributed by atoms with E-state index < -0.39 is 0 Å². The molecule has 0 saturated heterocycles. The number of carbonyl (C=O) groups is 2. The van der Waals surface area contributed by atoms with Gasteiger partial charge in [-0.05, 0) is 48.0 Å². The summed E-state index contributed by atoms with van der Waals surface area (Å²) < 4.78 is 0. The highest BCUT2D eigenvalue weighted by Crippen LogP contribution is 2.15. The number of rotatable bonds is 5. The fraction of sp³-hybridized carbons (Fsp3) is 0.0476. The Hall–Kier alpha value is -3.51. The number of amides is 4. The van der Waals surface area contributed by atoms with Crippen molar-refractivity contribution in [2.45, 2.75) is 6.54 Å². The summed E-state index contributed by atoms with van der Waals surface area (Å²) in [6.07, 6.45) is 0. The molecule has 142 valence electrons. The van der Waals surface area contributed by atoms with Crippen LogP contribution in [0.3, 0.4) is 0 Å². The molecule has 0 radical (unpaired) electrons. The van der Waals surface area contributed by atoms with Gasteiger partial charge in [0.05, 0.1) is 0 Å². The van der Waals surface area contributed by atoms with E-state index in [0.717, 1.165) is 5.56 Å². The van der Waals surface area contributed by atoms with Gasteiger partial charge in [0.25, 0.3) is 0 Å². The monoisotopic (exact) mass is 394 g/mol. The minimum Gasteiger partial charge on any atom is -0.334 e. The molecule has 0 aliphatic carbocycles. The lowest BCUT2D eigenvalue weighted by molar-refractivity contribution is 0.251. The average molecular weight is 395 g/mol. The van der Waals surface area contributed by atoms with Crippen LogP contribution in [-0.2, 0) is 6.54 Å². The molecule has 3 aromatic carbocycles. The van der Waals surface area contributed by atoms with Crippen molar-refractivity contribution in [2.24, 2.45) is 0 Å². The minimum atomic E-state index is -0.345. The van der Waals surface area contributed by atoms with Crippen molar-refractivity contribution >= 4 is 40.7 Å². The zero-order chi connectivity index (χ0) is 19.8. The van der Waals surface area contributed by atoms with Gasteiger partial charge in [0.2, 0.25) is 0 Å². The highest BCUT2D eigenvalue weighted by molar-refractivity contribution is 6.30. The van der Waals surface area contributed by atoms with E-state index >= 15 is 0 Å². The van der Waals surface area contributed by atoms with Crippen molar-refractivity contribution in [3.8, 4) is 0 Å². The predicted octanol–water partition coefficient (Wildman–Crippen LogP) is 5.31. The van der Waals surface area contributed by atoms with Crippen molar-refractivity contribution in [2.75, 3.05) is 16.0 Å². The maximum Gasteiger partial charge on any atom is 0.323 e. The molecule has 3 aromatic rings. The number of para-hydroxylation sites is 1. The maximum atomic E-state index is 12.1. The normalized spacial score (nSPS) is 10.0. The summed E-state index contributed by atoms with van der Waals surface area (Å²) in [7, 11) is 0. The Kier molecular flexibility index (Phi) is 6.49. The minimum absolute atomic E-state index is 0.308. The summed E-state index contributed by atoms with van der Waals surface area (Å²) in [5.74, 6) is 0. The first-order valence-electron chi connectivity index (χ1n) is 8.61. The smallest absolute Gasteiger partial charge is 0.323 e. The number of urea groups is 2. The molecule has 0 heterocycles. The summed E-state index contributed by atoms with van der Waals surface area (Å²) in [5.41, 5.74) is 2.79. The second-order valence-electron chi connectivity index (χ2n) is 5.96. The van der Waals surface area contributed by atoms with E-state index in [2.05, 4.69) is 21.3 Å². The molecule has 0 fully saturated rings. The van der Waals surface area contributed by atoms with Gasteiger partial charge in [-0.25, -0.2) is 9.59 Å². The van der Waals surface area contributed by atoms with E-state index in [4.69, 9.17) is 11.6 Å². The lowest BCUT2D eigenvalue weighted by Gasteiger charge is -2.10. The first-order chi connectivity index (χ1) is 13.6. The Morgan fingerprint density at radius 2 is 1.29 bits per heavy atom. The number of carbonyl (C=O) groups excluding carboxylic acids is 2. The number of hydrogen-bond donors (Lipinski definition) is 4. The lowest BCUT2D eigenvalue weighted by atomic mass is 10.2. The molecule has 28 heavy (non-hydrogen) atoms. The van der Waals surface area contributed by atoms with Crippen molar-refractivity contribution in [1.29, 1.82) is 0 Å². The fourth-order valence-corrected chi connectivity index (χ4v) is 2.69. The van der Waals surface area contributed by atoms with E-state index in [0.29, 0.717) is 28.6 Å². The summed E-state index contributed by atoms with van der Waals surface area (Å²) in [5, 5.41) is 11.5. The van der Waals surface area contributed by atoms with Crippen LogP contribution in [0.5, 0.6) is 0 Å². The van der Waals surface area contributed by atoms with E-state index in [1.54, 1.807) is 48.5 Å². The molecule has 0 spiro atoms. The van der Waals surface area contributed by atoms with Gasteiger partial charge in [-0.1, -0.05) is 48.0 Å². The van der Waals surface area contributed by atoms with Gasteiger partial charge in [-0.15, -0.1) is 0 Å². The Morgan fingerprint density at radius 1 is 0.679 bits per heavy atom. The molecule has 0 aliphatic heterocycles. The highest BCUT2D eigenvalue weighted by atomic mass is 35.5. The Bertz CT molecular complexity index is 963. The van der Waals surface area contributed by atoms with Crippen LogP contribution in [-0.4, -0.2) is 12.1 Å². The number of nitrogens with one attached hydrogen (secondary N) is 4. The second-order valence-corrected chi connectivity index (χ2v) is 6.40. The Labute approximate surface area is 167 Å². The van der Waals surface area contributed by atoms with Crippen LogP contribution in [0.25, 0.3) is 0 Å². The summed E-state index contributed by atoms with van der Waals surface area (Å²) in [6.45, 7) is 0.308. The molecule has 0 aliphatic rings. The molecule has 6 nitrogen and oxygen atoms in total. The molecule has 4 N–H and O–H groups in total. The van der Waals surface area contributed by atoms with Gasteiger partial charge < -0.3 is 21.3 Å². The van der Waals surface area contributed by atoms with Crippen LogP contribution < -0.4 is 21.3 Å². The van der Waals surface area contributed by atoms with E-state index in [-0.39, 0.29) is 12.1 Å². The first-order valence-corrected chi connectivity index (χ1v) is 8.99. The number of anilines is 3. The molecule has 7 heteroatoms.